The van der Waals surface area contributed by atoms with Gasteiger partial charge in [-0.1, -0.05) is 19.8 Å². The summed E-state index contributed by atoms with van der Waals surface area (Å²) in [6.45, 7) is 7.21. The molecule has 2 heterocycles. The molecule has 0 spiro atoms. The SMILES string of the molecule is CCC(CC1CC1)n1c(N)nc2c(C)nn(CC)c21. The van der Waals surface area contributed by atoms with Gasteiger partial charge in [0, 0.05) is 12.6 Å². The molecule has 1 fully saturated rings. The molecular weight excluding hydrogens is 238 g/mol. The lowest BCUT2D eigenvalue weighted by atomic mass is 10.1. The van der Waals surface area contributed by atoms with E-state index < -0.39 is 0 Å². The van der Waals surface area contributed by atoms with Crippen LogP contribution in [0.4, 0.5) is 5.95 Å². The number of imidazole rings is 1. The summed E-state index contributed by atoms with van der Waals surface area (Å²) < 4.78 is 4.25. The zero-order chi connectivity index (χ0) is 13.6. The van der Waals surface area contributed by atoms with E-state index in [1.165, 1.54) is 19.3 Å². The van der Waals surface area contributed by atoms with Crippen molar-refractivity contribution >= 4 is 17.1 Å². The topological polar surface area (TPSA) is 61.7 Å². The van der Waals surface area contributed by atoms with Crippen molar-refractivity contribution in [1.82, 2.24) is 19.3 Å². The van der Waals surface area contributed by atoms with Crippen LogP contribution in [-0.4, -0.2) is 19.3 Å². The van der Waals surface area contributed by atoms with Crippen molar-refractivity contribution in [3.8, 4) is 0 Å². The van der Waals surface area contributed by atoms with E-state index in [0.29, 0.717) is 12.0 Å². The minimum Gasteiger partial charge on any atom is -0.369 e. The van der Waals surface area contributed by atoms with Crippen LogP contribution in [0.15, 0.2) is 0 Å². The molecule has 1 atom stereocenters. The Morgan fingerprint density at radius 1 is 1.37 bits per heavy atom. The van der Waals surface area contributed by atoms with E-state index in [4.69, 9.17) is 5.73 Å². The highest BCUT2D eigenvalue weighted by molar-refractivity contribution is 5.77. The number of hydrogen-bond donors (Lipinski definition) is 1. The molecular formula is C14H23N5. The van der Waals surface area contributed by atoms with Gasteiger partial charge >= 0.3 is 0 Å². The lowest BCUT2D eigenvalue weighted by molar-refractivity contribution is 0.434. The number of aromatic nitrogens is 4. The molecule has 1 unspecified atom stereocenters. The lowest BCUT2D eigenvalue weighted by Crippen LogP contribution is -2.14. The Morgan fingerprint density at radius 2 is 2.11 bits per heavy atom. The van der Waals surface area contributed by atoms with E-state index in [0.717, 1.165) is 35.7 Å². The average molecular weight is 261 g/mol. The van der Waals surface area contributed by atoms with Gasteiger partial charge in [0.1, 0.15) is 5.52 Å². The quantitative estimate of drug-likeness (QED) is 0.900. The van der Waals surface area contributed by atoms with Crippen LogP contribution in [-0.2, 0) is 6.54 Å². The molecule has 2 N–H and O–H groups in total. The van der Waals surface area contributed by atoms with E-state index >= 15 is 0 Å². The van der Waals surface area contributed by atoms with Gasteiger partial charge in [0.15, 0.2) is 5.65 Å². The highest BCUT2D eigenvalue weighted by atomic mass is 15.4. The standard InChI is InChI=1S/C14H23N5/c1-4-11(8-10-6-7-10)19-13-12(16-14(19)15)9(3)17-18(13)5-2/h10-11H,4-8H2,1-3H3,(H2,15,16). The first kappa shape index (κ1) is 12.5. The van der Waals surface area contributed by atoms with Gasteiger partial charge in [-0.2, -0.15) is 5.10 Å². The molecule has 1 aliphatic carbocycles. The van der Waals surface area contributed by atoms with Crippen LogP contribution in [0.5, 0.6) is 0 Å². The first-order chi connectivity index (χ1) is 9.15. The molecule has 5 nitrogen and oxygen atoms in total. The van der Waals surface area contributed by atoms with Crippen molar-refractivity contribution in [2.75, 3.05) is 5.73 Å². The minimum absolute atomic E-state index is 0.457. The largest absolute Gasteiger partial charge is 0.369 e. The molecule has 5 heteroatoms. The molecule has 1 saturated carbocycles. The van der Waals surface area contributed by atoms with Crippen LogP contribution < -0.4 is 5.73 Å². The van der Waals surface area contributed by atoms with Crippen LogP contribution in [0.2, 0.25) is 0 Å². The normalized spacial score (nSPS) is 17.2. The number of nitrogen functional groups attached to an aromatic ring is 1. The van der Waals surface area contributed by atoms with Gasteiger partial charge in [0.25, 0.3) is 0 Å². The van der Waals surface area contributed by atoms with Crippen LogP contribution in [0.25, 0.3) is 11.2 Å². The zero-order valence-electron chi connectivity index (χ0n) is 12.1. The number of aryl methyl sites for hydroxylation is 2. The summed E-state index contributed by atoms with van der Waals surface area (Å²) in [5, 5.41) is 4.56. The Bertz CT molecular complexity index is 591. The highest BCUT2D eigenvalue weighted by Gasteiger charge is 2.28. The van der Waals surface area contributed by atoms with Crippen molar-refractivity contribution in [1.29, 1.82) is 0 Å². The predicted octanol–water partition coefficient (Wildman–Crippen LogP) is 2.89. The van der Waals surface area contributed by atoms with Crippen LogP contribution in [0.3, 0.4) is 0 Å². The Kier molecular flexibility index (Phi) is 2.99. The number of anilines is 1. The van der Waals surface area contributed by atoms with E-state index in [1.807, 2.05) is 11.6 Å². The van der Waals surface area contributed by atoms with Gasteiger partial charge in [-0.15, -0.1) is 0 Å². The third-order valence-corrected chi connectivity index (χ3v) is 4.21. The molecule has 0 saturated heterocycles. The summed E-state index contributed by atoms with van der Waals surface area (Å²) in [5.41, 5.74) is 9.22. The van der Waals surface area contributed by atoms with Crippen molar-refractivity contribution in [3.05, 3.63) is 5.69 Å². The highest BCUT2D eigenvalue weighted by Crippen LogP contribution is 2.39. The molecule has 0 radical (unpaired) electrons. The molecule has 0 amide bonds. The maximum Gasteiger partial charge on any atom is 0.202 e. The summed E-state index contributed by atoms with van der Waals surface area (Å²) in [4.78, 5) is 4.54. The fourth-order valence-corrected chi connectivity index (χ4v) is 2.98. The molecule has 104 valence electrons. The molecule has 3 rings (SSSR count). The van der Waals surface area contributed by atoms with Crippen LogP contribution in [0.1, 0.15) is 51.3 Å². The Morgan fingerprint density at radius 3 is 2.68 bits per heavy atom. The van der Waals surface area contributed by atoms with Gasteiger partial charge in [0.2, 0.25) is 5.95 Å². The monoisotopic (exact) mass is 261 g/mol. The Labute approximate surface area is 113 Å². The Hall–Kier alpha value is -1.52. The molecule has 0 aromatic carbocycles. The number of fused-ring (bicyclic) bond motifs is 1. The molecule has 0 bridgehead atoms. The number of rotatable bonds is 5. The van der Waals surface area contributed by atoms with E-state index in [2.05, 4.69) is 28.5 Å². The molecule has 2 aromatic rings. The third-order valence-electron chi connectivity index (χ3n) is 4.21. The number of nitrogens with two attached hydrogens (primary N) is 1. The van der Waals surface area contributed by atoms with Gasteiger partial charge in [-0.05, 0) is 32.6 Å². The maximum absolute atomic E-state index is 6.17. The smallest absolute Gasteiger partial charge is 0.202 e. The molecule has 0 aliphatic heterocycles. The summed E-state index contributed by atoms with van der Waals surface area (Å²) in [6, 6.07) is 0.457. The van der Waals surface area contributed by atoms with Gasteiger partial charge in [-0.25, -0.2) is 9.67 Å². The Balaban J connectivity index is 2.11. The summed E-state index contributed by atoms with van der Waals surface area (Å²) in [6.07, 6.45) is 5.07. The molecule has 1 aliphatic rings. The van der Waals surface area contributed by atoms with Crippen molar-refractivity contribution in [2.45, 2.75) is 59.0 Å². The van der Waals surface area contributed by atoms with Crippen LogP contribution >= 0.6 is 0 Å². The number of hydrogen-bond acceptors (Lipinski definition) is 3. The molecule has 19 heavy (non-hydrogen) atoms. The van der Waals surface area contributed by atoms with Crippen LogP contribution in [0, 0.1) is 12.8 Å². The molecule has 2 aromatic heterocycles. The fourth-order valence-electron chi connectivity index (χ4n) is 2.98. The maximum atomic E-state index is 6.17. The second-order valence-corrected chi connectivity index (χ2v) is 5.65. The second-order valence-electron chi connectivity index (χ2n) is 5.65. The van der Waals surface area contributed by atoms with E-state index in [9.17, 15) is 0 Å². The van der Waals surface area contributed by atoms with Gasteiger partial charge in [0.05, 0.1) is 5.69 Å². The van der Waals surface area contributed by atoms with Crippen molar-refractivity contribution < 1.29 is 0 Å². The van der Waals surface area contributed by atoms with E-state index in [-0.39, 0.29) is 0 Å². The zero-order valence-corrected chi connectivity index (χ0v) is 12.1. The first-order valence-corrected chi connectivity index (χ1v) is 7.36. The van der Waals surface area contributed by atoms with Crippen molar-refractivity contribution in [2.24, 2.45) is 5.92 Å². The lowest BCUT2D eigenvalue weighted by Gasteiger charge is -2.19. The second kappa shape index (κ2) is 4.54. The number of nitrogens with zero attached hydrogens (tertiary/aromatic N) is 4. The summed E-state index contributed by atoms with van der Waals surface area (Å²) in [5.74, 6) is 1.53. The summed E-state index contributed by atoms with van der Waals surface area (Å²) in [7, 11) is 0. The van der Waals surface area contributed by atoms with E-state index in [1.54, 1.807) is 0 Å². The van der Waals surface area contributed by atoms with Crippen molar-refractivity contribution in [3.63, 3.8) is 0 Å². The van der Waals surface area contributed by atoms with Gasteiger partial charge < -0.3 is 5.73 Å². The minimum atomic E-state index is 0.457. The predicted molar refractivity (Wildman–Crippen MR) is 77.0 cm³/mol. The summed E-state index contributed by atoms with van der Waals surface area (Å²) >= 11 is 0. The first-order valence-electron chi connectivity index (χ1n) is 7.36. The van der Waals surface area contributed by atoms with Gasteiger partial charge in [-0.3, -0.25) is 4.57 Å². The fraction of sp³-hybridized carbons (Fsp3) is 0.714. The third kappa shape index (κ3) is 2.01. The average Bonchev–Trinajstić information content (AvgIpc) is 3.08.